The van der Waals surface area contributed by atoms with Crippen molar-refractivity contribution in [2.75, 3.05) is 12.8 Å². The van der Waals surface area contributed by atoms with E-state index in [0.717, 1.165) is 6.07 Å². The van der Waals surface area contributed by atoms with Gasteiger partial charge in [0, 0.05) is 5.69 Å². The molecule has 1 aromatic rings. The highest BCUT2D eigenvalue weighted by molar-refractivity contribution is 5.69. The maximum atomic E-state index is 12.9. The van der Waals surface area contributed by atoms with E-state index in [9.17, 15) is 4.39 Å². The third-order valence-corrected chi connectivity index (χ3v) is 1.42. The highest BCUT2D eigenvalue weighted by Gasteiger charge is 2.06. The van der Waals surface area contributed by atoms with Gasteiger partial charge in [0.2, 0.25) is 5.69 Å². The summed E-state index contributed by atoms with van der Waals surface area (Å²) in [6.07, 6.45) is 0. The zero-order valence-corrected chi connectivity index (χ0v) is 6.47. The Bertz CT molecular complexity index is 343. The molecular formula is C8H7FN2O. The highest BCUT2D eigenvalue weighted by atomic mass is 19.1. The van der Waals surface area contributed by atoms with Gasteiger partial charge in [-0.15, -0.1) is 0 Å². The molecule has 0 atom stereocenters. The summed E-state index contributed by atoms with van der Waals surface area (Å²) in [6, 6.07) is 2.35. The Morgan fingerprint density at radius 2 is 2.25 bits per heavy atom. The minimum atomic E-state index is -0.572. The van der Waals surface area contributed by atoms with Crippen molar-refractivity contribution in [2.45, 2.75) is 0 Å². The number of ether oxygens (including phenoxy) is 1. The maximum absolute atomic E-state index is 12.9. The van der Waals surface area contributed by atoms with Gasteiger partial charge in [-0.25, -0.2) is 9.24 Å². The first-order chi connectivity index (χ1) is 5.69. The summed E-state index contributed by atoms with van der Waals surface area (Å²) in [4.78, 5) is 3.04. The lowest BCUT2D eigenvalue weighted by molar-refractivity contribution is 0.387. The van der Waals surface area contributed by atoms with Crippen LogP contribution in [0.3, 0.4) is 0 Å². The van der Waals surface area contributed by atoms with Crippen molar-refractivity contribution in [3.05, 3.63) is 29.4 Å². The lowest BCUT2D eigenvalue weighted by Crippen LogP contribution is -1.91. The fourth-order valence-electron chi connectivity index (χ4n) is 0.812. The predicted octanol–water partition coefficient (Wildman–Crippen LogP) is 1.97. The second kappa shape index (κ2) is 3.09. The molecule has 0 saturated heterocycles. The van der Waals surface area contributed by atoms with Crippen molar-refractivity contribution in [2.24, 2.45) is 0 Å². The van der Waals surface area contributed by atoms with Gasteiger partial charge in [-0.3, -0.25) is 0 Å². The van der Waals surface area contributed by atoms with Gasteiger partial charge in [0.15, 0.2) is 11.6 Å². The van der Waals surface area contributed by atoms with Crippen molar-refractivity contribution >= 4 is 11.4 Å². The first kappa shape index (κ1) is 8.34. The lowest BCUT2D eigenvalue weighted by Gasteiger charge is -2.03. The normalized spacial score (nSPS) is 9.08. The Morgan fingerprint density at radius 1 is 1.58 bits per heavy atom. The van der Waals surface area contributed by atoms with E-state index in [0.29, 0.717) is 0 Å². The number of benzene rings is 1. The molecule has 0 unspecified atom stereocenters. The SMILES string of the molecule is [C-]#[N+]c1cc(F)c(OC)cc1N. The molecule has 0 fully saturated rings. The Balaban J connectivity index is 3.28. The molecule has 0 bridgehead atoms. The summed E-state index contributed by atoms with van der Waals surface area (Å²) < 4.78 is 17.6. The van der Waals surface area contributed by atoms with Crippen molar-refractivity contribution in [3.8, 4) is 5.75 Å². The van der Waals surface area contributed by atoms with Crippen molar-refractivity contribution in [1.29, 1.82) is 0 Å². The Hall–Kier alpha value is -1.76. The summed E-state index contributed by atoms with van der Waals surface area (Å²) in [5.41, 5.74) is 5.75. The number of hydrogen-bond acceptors (Lipinski definition) is 2. The molecule has 1 rings (SSSR count). The molecule has 0 aliphatic rings. The van der Waals surface area contributed by atoms with Gasteiger partial charge in [-0.05, 0) is 12.1 Å². The van der Waals surface area contributed by atoms with Crippen LogP contribution in [0.5, 0.6) is 5.75 Å². The van der Waals surface area contributed by atoms with Gasteiger partial charge in [0.05, 0.1) is 13.7 Å². The molecule has 2 N–H and O–H groups in total. The number of nitrogens with zero attached hydrogens (tertiary/aromatic N) is 1. The monoisotopic (exact) mass is 166 g/mol. The van der Waals surface area contributed by atoms with Crippen LogP contribution < -0.4 is 10.5 Å². The molecule has 0 aliphatic heterocycles. The second-order valence-corrected chi connectivity index (χ2v) is 2.16. The van der Waals surface area contributed by atoms with Crippen LogP contribution in [0.4, 0.5) is 15.8 Å². The molecule has 0 amide bonds. The standard InChI is InChI=1S/C8H7FN2O/c1-11-7-3-5(9)8(12-2)4-6(7)10/h3-4H,10H2,2H3. The molecule has 0 heterocycles. The first-order valence-electron chi connectivity index (χ1n) is 3.19. The number of anilines is 1. The molecule has 0 aliphatic carbocycles. The van der Waals surface area contributed by atoms with Gasteiger partial charge in [0.1, 0.15) is 0 Å². The van der Waals surface area contributed by atoms with E-state index in [1.165, 1.54) is 13.2 Å². The van der Waals surface area contributed by atoms with Crippen LogP contribution in [0.15, 0.2) is 12.1 Å². The lowest BCUT2D eigenvalue weighted by atomic mass is 10.2. The van der Waals surface area contributed by atoms with E-state index >= 15 is 0 Å². The van der Waals surface area contributed by atoms with Crippen LogP contribution in [-0.4, -0.2) is 7.11 Å². The van der Waals surface area contributed by atoms with E-state index in [-0.39, 0.29) is 17.1 Å². The van der Waals surface area contributed by atoms with Crippen LogP contribution in [0.1, 0.15) is 0 Å². The van der Waals surface area contributed by atoms with Crippen LogP contribution in [0.2, 0.25) is 0 Å². The van der Waals surface area contributed by atoms with Gasteiger partial charge >= 0.3 is 0 Å². The predicted molar refractivity (Wildman–Crippen MR) is 43.6 cm³/mol. The van der Waals surface area contributed by atoms with Gasteiger partial charge < -0.3 is 10.5 Å². The number of hydrogen-bond donors (Lipinski definition) is 1. The van der Waals surface area contributed by atoms with Crippen molar-refractivity contribution < 1.29 is 9.13 Å². The summed E-state index contributed by atoms with van der Waals surface area (Å²) in [5, 5.41) is 0. The molecule has 12 heavy (non-hydrogen) atoms. The summed E-state index contributed by atoms with van der Waals surface area (Å²) in [5.74, 6) is -0.516. The first-order valence-corrected chi connectivity index (χ1v) is 3.19. The molecule has 1 aromatic carbocycles. The number of halogens is 1. The maximum Gasteiger partial charge on any atom is 0.212 e. The summed E-state index contributed by atoms with van der Waals surface area (Å²) >= 11 is 0. The Morgan fingerprint density at radius 3 is 2.75 bits per heavy atom. The number of nitrogen functional groups attached to an aromatic ring is 1. The van der Waals surface area contributed by atoms with E-state index < -0.39 is 5.82 Å². The van der Waals surface area contributed by atoms with Crippen LogP contribution in [-0.2, 0) is 0 Å². The van der Waals surface area contributed by atoms with Crippen LogP contribution in [0, 0.1) is 12.4 Å². The zero-order valence-electron chi connectivity index (χ0n) is 6.47. The third-order valence-electron chi connectivity index (χ3n) is 1.42. The van der Waals surface area contributed by atoms with Crippen LogP contribution >= 0.6 is 0 Å². The quantitative estimate of drug-likeness (QED) is 0.511. The van der Waals surface area contributed by atoms with E-state index in [1.54, 1.807) is 0 Å². The molecule has 0 aromatic heterocycles. The fourth-order valence-corrected chi connectivity index (χ4v) is 0.812. The summed E-state index contributed by atoms with van der Waals surface area (Å²) in [7, 11) is 1.34. The molecule has 0 spiro atoms. The summed E-state index contributed by atoms with van der Waals surface area (Å²) in [6.45, 7) is 6.65. The molecule has 62 valence electrons. The smallest absolute Gasteiger partial charge is 0.212 e. The molecule has 0 saturated carbocycles. The van der Waals surface area contributed by atoms with Crippen molar-refractivity contribution in [1.82, 2.24) is 0 Å². The minimum absolute atomic E-state index is 0.0555. The molecule has 3 nitrogen and oxygen atoms in total. The molecule has 4 heteroatoms. The Kier molecular flexibility index (Phi) is 2.15. The number of rotatable bonds is 1. The van der Waals surface area contributed by atoms with Gasteiger partial charge in [-0.1, -0.05) is 0 Å². The van der Waals surface area contributed by atoms with Crippen molar-refractivity contribution in [3.63, 3.8) is 0 Å². The molecular weight excluding hydrogens is 159 g/mol. The minimum Gasteiger partial charge on any atom is -0.494 e. The fraction of sp³-hybridized carbons (Fsp3) is 0.125. The van der Waals surface area contributed by atoms with E-state index in [2.05, 4.69) is 9.58 Å². The van der Waals surface area contributed by atoms with E-state index in [1.807, 2.05) is 0 Å². The second-order valence-electron chi connectivity index (χ2n) is 2.16. The zero-order chi connectivity index (χ0) is 9.14. The van der Waals surface area contributed by atoms with Crippen LogP contribution in [0.25, 0.3) is 4.85 Å². The molecule has 0 radical (unpaired) electrons. The largest absolute Gasteiger partial charge is 0.494 e. The highest BCUT2D eigenvalue weighted by Crippen LogP contribution is 2.29. The Labute approximate surface area is 69.4 Å². The van der Waals surface area contributed by atoms with Gasteiger partial charge in [0.25, 0.3) is 0 Å². The van der Waals surface area contributed by atoms with E-state index in [4.69, 9.17) is 12.3 Å². The number of methoxy groups -OCH3 is 1. The average molecular weight is 166 g/mol. The number of nitrogens with two attached hydrogens (primary N) is 1. The topological polar surface area (TPSA) is 39.6 Å². The third kappa shape index (κ3) is 1.30. The van der Waals surface area contributed by atoms with Gasteiger partial charge in [-0.2, -0.15) is 0 Å². The average Bonchev–Trinajstić information content (AvgIpc) is 2.08.